The van der Waals surface area contributed by atoms with Crippen LogP contribution in [0.1, 0.15) is 27.9 Å². The molecule has 0 bridgehead atoms. The molecule has 0 saturated heterocycles. The van der Waals surface area contributed by atoms with Crippen molar-refractivity contribution >= 4 is 32.6 Å². The molecule has 0 saturated carbocycles. The van der Waals surface area contributed by atoms with E-state index in [1.54, 1.807) is 23.9 Å². The van der Waals surface area contributed by atoms with Gasteiger partial charge in [-0.3, -0.25) is 9.69 Å². The zero-order valence-electron chi connectivity index (χ0n) is 19.3. The van der Waals surface area contributed by atoms with E-state index in [1.165, 1.54) is 5.56 Å². The summed E-state index contributed by atoms with van der Waals surface area (Å²) in [6.07, 6.45) is 6.33. The molecule has 170 valence electrons. The van der Waals surface area contributed by atoms with Crippen molar-refractivity contribution in [3.8, 4) is 11.1 Å². The van der Waals surface area contributed by atoms with Gasteiger partial charge in [0.2, 0.25) is 0 Å². The van der Waals surface area contributed by atoms with E-state index in [1.807, 2.05) is 58.1 Å². The maximum Gasteiger partial charge on any atom is 0.260 e. The smallest absolute Gasteiger partial charge is 0.260 e. The van der Waals surface area contributed by atoms with E-state index in [4.69, 9.17) is 4.98 Å². The molecule has 2 aromatic heterocycles. The molecule has 0 N–H and O–H groups in total. The first-order valence-corrected chi connectivity index (χ1v) is 12.2. The maximum atomic E-state index is 13.7. The highest BCUT2D eigenvalue weighted by Gasteiger charge is 2.22. The number of benzene rings is 3. The average Bonchev–Trinajstić information content (AvgIpc) is 3.56. The van der Waals surface area contributed by atoms with E-state index >= 15 is 0 Å². The molecule has 0 aliphatic heterocycles. The summed E-state index contributed by atoms with van der Waals surface area (Å²) in [5.74, 6) is -0.0281. The van der Waals surface area contributed by atoms with Crippen LogP contribution in [-0.4, -0.2) is 27.0 Å². The lowest BCUT2D eigenvalue weighted by Gasteiger charge is -2.20. The third kappa shape index (κ3) is 4.50. The third-order valence-corrected chi connectivity index (χ3v) is 7.22. The molecule has 0 unspecified atom stereocenters. The quantitative estimate of drug-likeness (QED) is 0.275. The Kier molecular flexibility index (Phi) is 6.23. The number of carbonyl (C=O) groups is 1. The minimum atomic E-state index is -0.0281. The Morgan fingerprint density at radius 2 is 1.68 bits per heavy atom. The molecule has 3 aromatic carbocycles. The van der Waals surface area contributed by atoms with Gasteiger partial charge in [0, 0.05) is 31.0 Å². The summed E-state index contributed by atoms with van der Waals surface area (Å²) in [6, 6.07) is 22.3. The average molecular weight is 467 g/mol. The molecule has 5 rings (SSSR count). The molecule has 0 atom stereocenters. The number of rotatable bonds is 7. The van der Waals surface area contributed by atoms with Crippen LogP contribution >= 0.6 is 11.3 Å². The SMILES string of the molecule is Cc1ccc(C)c2sc(N(CCCn3ccnc3)C(=O)c3ccc(-c4ccccc4)cc3)nc12. The highest BCUT2D eigenvalue weighted by atomic mass is 32.1. The fourth-order valence-electron chi connectivity index (χ4n) is 4.07. The summed E-state index contributed by atoms with van der Waals surface area (Å²) in [5.41, 5.74) is 6.18. The van der Waals surface area contributed by atoms with Crippen molar-refractivity contribution in [2.75, 3.05) is 11.4 Å². The van der Waals surface area contributed by atoms with Crippen LogP contribution in [0.4, 0.5) is 5.13 Å². The van der Waals surface area contributed by atoms with Crippen LogP contribution in [0.25, 0.3) is 21.3 Å². The molecule has 0 aliphatic carbocycles. The molecule has 5 aromatic rings. The molecule has 5 nitrogen and oxygen atoms in total. The first-order chi connectivity index (χ1) is 16.6. The van der Waals surface area contributed by atoms with Crippen LogP contribution in [0.3, 0.4) is 0 Å². The Balaban J connectivity index is 1.45. The van der Waals surface area contributed by atoms with Crippen molar-refractivity contribution in [1.29, 1.82) is 0 Å². The number of aromatic nitrogens is 3. The van der Waals surface area contributed by atoms with Gasteiger partial charge in [0.15, 0.2) is 5.13 Å². The van der Waals surface area contributed by atoms with Gasteiger partial charge in [0.25, 0.3) is 5.91 Å². The van der Waals surface area contributed by atoms with Gasteiger partial charge >= 0.3 is 0 Å². The van der Waals surface area contributed by atoms with E-state index in [-0.39, 0.29) is 5.91 Å². The van der Waals surface area contributed by atoms with Crippen molar-refractivity contribution in [1.82, 2.24) is 14.5 Å². The zero-order valence-corrected chi connectivity index (χ0v) is 20.1. The number of carbonyl (C=O) groups excluding carboxylic acids is 1. The maximum absolute atomic E-state index is 13.7. The van der Waals surface area contributed by atoms with E-state index in [0.29, 0.717) is 12.1 Å². The highest BCUT2D eigenvalue weighted by Crippen LogP contribution is 2.34. The topological polar surface area (TPSA) is 51.0 Å². The van der Waals surface area contributed by atoms with Gasteiger partial charge < -0.3 is 4.57 Å². The van der Waals surface area contributed by atoms with Crippen LogP contribution < -0.4 is 4.90 Å². The number of hydrogen-bond acceptors (Lipinski definition) is 4. The van der Waals surface area contributed by atoms with E-state index < -0.39 is 0 Å². The Bertz CT molecular complexity index is 1370. The number of anilines is 1. The van der Waals surface area contributed by atoms with Crippen molar-refractivity contribution in [2.24, 2.45) is 0 Å². The number of thiazole rings is 1. The first-order valence-electron chi connectivity index (χ1n) is 11.4. The fourth-order valence-corrected chi connectivity index (χ4v) is 5.21. The van der Waals surface area contributed by atoms with Gasteiger partial charge in [-0.15, -0.1) is 0 Å². The van der Waals surface area contributed by atoms with Crippen molar-refractivity contribution < 1.29 is 4.79 Å². The summed E-state index contributed by atoms with van der Waals surface area (Å²) in [7, 11) is 0. The van der Waals surface area contributed by atoms with Crippen LogP contribution in [0, 0.1) is 13.8 Å². The van der Waals surface area contributed by atoms with Crippen molar-refractivity contribution in [3.05, 3.63) is 102 Å². The lowest BCUT2D eigenvalue weighted by Crippen LogP contribution is -2.32. The summed E-state index contributed by atoms with van der Waals surface area (Å²) in [4.78, 5) is 24.6. The zero-order chi connectivity index (χ0) is 23.5. The largest absolute Gasteiger partial charge is 0.337 e. The van der Waals surface area contributed by atoms with Crippen LogP contribution in [0.15, 0.2) is 85.5 Å². The predicted molar refractivity (Wildman–Crippen MR) is 139 cm³/mol. The predicted octanol–water partition coefficient (Wildman–Crippen LogP) is 6.51. The minimum absolute atomic E-state index is 0.0281. The number of hydrogen-bond donors (Lipinski definition) is 0. The molecule has 0 fully saturated rings. The van der Waals surface area contributed by atoms with Gasteiger partial charge in [0.1, 0.15) is 0 Å². The Morgan fingerprint density at radius 1 is 0.941 bits per heavy atom. The number of amides is 1. The monoisotopic (exact) mass is 466 g/mol. The minimum Gasteiger partial charge on any atom is -0.337 e. The summed E-state index contributed by atoms with van der Waals surface area (Å²) in [5, 5.41) is 0.746. The molecular formula is C28H26N4OS. The van der Waals surface area contributed by atoms with E-state index in [2.05, 4.69) is 43.1 Å². The van der Waals surface area contributed by atoms with E-state index in [9.17, 15) is 4.79 Å². The van der Waals surface area contributed by atoms with Gasteiger partial charge in [0.05, 0.1) is 16.5 Å². The second-order valence-corrected chi connectivity index (χ2v) is 9.41. The molecule has 0 radical (unpaired) electrons. The highest BCUT2D eigenvalue weighted by molar-refractivity contribution is 7.22. The summed E-state index contributed by atoms with van der Waals surface area (Å²) >= 11 is 1.59. The lowest BCUT2D eigenvalue weighted by atomic mass is 10.0. The lowest BCUT2D eigenvalue weighted by molar-refractivity contribution is 0.0986. The van der Waals surface area contributed by atoms with Gasteiger partial charge in [-0.2, -0.15) is 0 Å². The van der Waals surface area contributed by atoms with E-state index in [0.717, 1.165) is 45.0 Å². The van der Waals surface area contributed by atoms with Crippen LogP contribution in [-0.2, 0) is 6.54 Å². The van der Waals surface area contributed by atoms with Crippen molar-refractivity contribution in [3.63, 3.8) is 0 Å². The molecule has 0 spiro atoms. The number of aryl methyl sites for hydroxylation is 3. The Morgan fingerprint density at radius 3 is 2.38 bits per heavy atom. The number of nitrogens with zero attached hydrogens (tertiary/aromatic N) is 4. The molecule has 1 amide bonds. The Hall–Kier alpha value is -3.77. The second-order valence-electron chi connectivity index (χ2n) is 8.43. The third-order valence-electron chi connectivity index (χ3n) is 6.00. The Labute approximate surface area is 203 Å². The standard InChI is InChI=1S/C28H26N4OS/c1-20-9-10-21(2)26-25(20)30-28(34-26)32(17-6-16-31-18-15-29-19-31)27(33)24-13-11-23(12-14-24)22-7-4-3-5-8-22/h3-5,7-15,18-19H,6,16-17H2,1-2H3. The van der Waals surface area contributed by atoms with Gasteiger partial charge in [-0.1, -0.05) is 65.9 Å². The summed E-state index contributed by atoms with van der Waals surface area (Å²) < 4.78 is 3.17. The van der Waals surface area contributed by atoms with Gasteiger partial charge in [-0.05, 0) is 54.7 Å². The number of fused-ring (bicyclic) bond motifs is 1. The first kappa shape index (κ1) is 22.0. The summed E-state index contributed by atoms with van der Waals surface area (Å²) in [6.45, 7) is 5.53. The molecule has 0 aliphatic rings. The van der Waals surface area contributed by atoms with Crippen LogP contribution in [0.5, 0.6) is 0 Å². The molecule has 6 heteroatoms. The van der Waals surface area contributed by atoms with Crippen LogP contribution in [0.2, 0.25) is 0 Å². The normalized spacial score (nSPS) is 11.1. The number of imidazole rings is 1. The second kappa shape index (κ2) is 9.61. The molecular weight excluding hydrogens is 440 g/mol. The van der Waals surface area contributed by atoms with Gasteiger partial charge in [-0.25, -0.2) is 9.97 Å². The molecule has 2 heterocycles. The fraction of sp³-hybridized carbons (Fsp3) is 0.179. The molecule has 34 heavy (non-hydrogen) atoms. The van der Waals surface area contributed by atoms with Crippen molar-refractivity contribution in [2.45, 2.75) is 26.8 Å².